The number of hydrogen-bond donors (Lipinski definition) is 3. The van der Waals surface area contributed by atoms with Gasteiger partial charge in [0.05, 0.1) is 35.4 Å². The molecule has 2 aliphatic heterocycles. The summed E-state index contributed by atoms with van der Waals surface area (Å²) in [5, 5.41) is 13.7. The maximum absolute atomic E-state index is 12.6. The lowest BCUT2D eigenvalue weighted by molar-refractivity contribution is -0.121. The monoisotopic (exact) mass is 390 g/mol. The molecule has 0 aliphatic carbocycles. The lowest BCUT2D eigenvalue weighted by Gasteiger charge is -2.18. The van der Waals surface area contributed by atoms with Crippen molar-refractivity contribution in [3.63, 3.8) is 0 Å². The second-order valence-corrected chi connectivity index (χ2v) is 7.73. The molecule has 2 saturated heterocycles. The van der Waals surface area contributed by atoms with Gasteiger partial charge in [-0.1, -0.05) is 24.3 Å². The van der Waals surface area contributed by atoms with Crippen molar-refractivity contribution in [3.8, 4) is 0 Å². The van der Waals surface area contributed by atoms with Gasteiger partial charge in [0.1, 0.15) is 0 Å². The van der Waals surface area contributed by atoms with Crippen LogP contribution in [0.15, 0.2) is 48.7 Å². The van der Waals surface area contributed by atoms with Crippen LogP contribution in [0.5, 0.6) is 0 Å². The number of anilines is 1. The molecule has 7 heteroatoms. The number of para-hydroxylation sites is 1. The Bertz CT molecular complexity index is 1080. The van der Waals surface area contributed by atoms with Crippen LogP contribution in [0.2, 0.25) is 0 Å². The molecule has 5 rings (SSSR count). The fraction of sp³-hybridized carbons (Fsp3) is 0.318. The van der Waals surface area contributed by atoms with Crippen LogP contribution in [-0.4, -0.2) is 34.2 Å². The standard InChI is InChI=1S/C22H22N4O3/c27-21(17-6-2-4-14-12-24-26-20(14)17)23-11-13-3-1-5-15(9-13)25-22(28)18-10-16-7-8-19(18)29-16/h1-6,9,12,16,18-19H,7-8,10-11H2,(H,23,27)(H,24,26)(H,25,28)/t16-,18+,19+/m0/s1. The second kappa shape index (κ2) is 7.33. The number of aromatic amines is 1. The van der Waals surface area contributed by atoms with Gasteiger partial charge in [-0.05, 0) is 43.0 Å². The molecule has 2 bridgehead atoms. The summed E-state index contributed by atoms with van der Waals surface area (Å²) in [6, 6.07) is 13.1. The van der Waals surface area contributed by atoms with Gasteiger partial charge in [0, 0.05) is 17.6 Å². The van der Waals surface area contributed by atoms with Crippen molar-refractivity contribution < 1.29 is 14.3 Å². The van der Waals surface area contributed by atoms with Crippen LogP contribution in [0.25, 0.3) is 10.9 Å². The molecule has 2 fully saturated rings. The summed E-state index contributed by atoms with van der Waals surface area (Å²) in [6.45, 7) is 0.365. The van der Waals surface area contributed by atoms with Crippen LogP contribution < -0.4 is 10.6 Å². The molecule has 3 N–H and O–H groups in total. The summed E-state index contributed by atoms with van der Waals surface area (Å²) in [7, 11) is 0. The van der Waals surface area contributed by atoms with Crippen molar-refractivity contribution in [1.82, 2.24) is 15.5 Å². The summed E-state index contributed by atoms with van der Waals surface area (Å²) in [6.07, 6.45) is 4.85. The highest BCUT2D eigenvalue weighted by Crippen LogP contribution is 2.39. The highest BCUT2D eigenvalue weighted by molar-refractivity contribution is 6.05. The van der Waals surface area contributed by atoms with Gasteiger partial charge in [-0.3, -0.25) is 14.7 Å². The molecule has 29 heavy (non-hydrogen) atoms. The number of aromatic nitrogens is 2. The van der Waals surface area contributed by atoms with Gasteiger partial charge in [-0.15, -0.1) is 0 Å². The molecule has 3 aromatic rings. The third kappa shape index (κ3) is 3.49. The Morgan fingerprint density at radius 3 is 2.90 bits per heavy atom. The molecule has 2 amide bonds. The molecule has 3 heterocycles. The number of H-pyrrole nitrogens is 1. The quantitative estimate of drug-likeness (QED) is 0.624. The van der Waals surface area contributed by atoms with E-state index in [-0.39, 0.29) is 29.9 Å². The van der Waals surface area contributed by atoms with Crippen molar-refractivity contribution in [1.29, 1.82) is 0 Å². The van der Waals surface area contributed by atoms with Crippen LogP contribution in [0, 0.1) is 5.92 Å². The summed E-state index contributed by atoms with van der Waals surface area (Å²) in [4.78, 5) is 25.2. The minimum absolute atomic E-state index is 0.0179. The average Bonchev–Trinajstić information content (AvgIpc) is 3.48. The van der Waals surface area contributed by atoms with Gasteiger partial charge in [0.15, 0.2) is 0 Å². The summed E-state index contributed by atoms with van der Waals surface area (Å²) >= 11 is 0. The first-order chi connectivity index (χ1) is 14.2. The Hall–Kier alpha value is -3.19. The molecular formula is C22H22N4O3. The molecule has 0 radical (unpaired) electrons. The Kier molecular flexibility index (Phi) is 4.52. The van der Waals surface area contributed by atoms with Gasteiger partial charge in [-0.2, -0.15) is 5.10 Å². The Morgan fingerprint density at radius 1 is 1.17 bits per heavy atom. The van der Waals surface area contributed by atoms with E-state index in [4.69, 9.17) is 4.74 Å². The third-order valence-electron chi connectivity index (χ3n) is 5.81. The maximum Gasteiger partial charge on any atom is 0.253 e. The minimum atomic E-state index is -0.173. The topological polar surface area (TPSA) is 96.1 Å². The van der Waals surface area contributed by atoms with Crippen molar-refractivity contribution in [2.24, 2.45) is 5.92 Å². The van der Waals surface area contributed by atoms with E-state index in [1.54, 1.807) is 12.3 Å². The van der Waals surface area contributed by atoms with Crippen molar-refractivity contribution in [2.75, 3.05) is 5.32 Å². The van der Waals surface area contributed by atoms with Crippen LogP contribution in [0.3, 0.4) is 0 Å². The van der Waals surface area contributed by atoms with E-state index < -0.39 is 0 Å². The first kappa shape index (κ1) is 17.9. The Balaban J connectivity index is 1.23. The minimum Gasteiger partial charge on any atom is -0.374 e. The van der Waals surface area contributed by atoms with E-state index in [9.17, 15) is 9.59 Å². The van der Waals surface area contributed by atoms with E-state index in [1.807, 2.05) is 36.4 Å². The Labute approximate surface area is 167 Å². The van der Waals surface area contributed by atoms with Crippen LogP contribution in [0.4, 0.5) is 5.69 Å². The zero-order chi connectivity index (χ0) is 19.8. The Morgan fingerprint density at radius 2 is 2.07 bits per heavy atom. The predicted octanol–water partition coefficient (Wildman–Crippen LogP) is 3.00. The number of fused-ring (bicyclic) bond motifs is 3. The van der Waals surface area contributed by atoms with E-state index >= 15 is 0 Å². The number of ether oxygens (including phenoxy) is 1. The van der Waals surface area contributed by atoms with Crippen LogP contribution in [-0.2, 0) is 16.1 Å². The first-order valence-electron chi connectivity index (χ1n) is 9.93. The number of rotatable bonds is 5. The SMILES string of the molecule is O=C(NCc1cccc(NC(=O)[C@@H]2C[C@@H]3CC[C@H]2O3)c1)c1cccc2cn[nH]c12. The summed E-state index contributed by atoms with van der Waals surface area (Å²) in [5.74, 6) is -0.218. The van der Waals surface area contributed by atoms with Gasteiger partial charge in [0.25, 0.3) is 5.91 Å². The smallest absolute Gasteiger partial charge is 0.253 e. The van der Waals surface area contributed by atoms with Gasteiger partial charge in [0.2, 0.25) is 5.91 Å². The van der Waals surface area contributed by atoms with Gasteiger partial charge < -0.3 is 15.4 Å². The van der Waals surface area contributed by atoms with Crippen molar-refractivity contribution >= 4 is 28.4 Å². The zero-order valence-electron chi connectivity index (χ0n) is 15.9. The summed E-state index contributed by atoms with van der Waals surface area (Å²) < 4.78 is 5.78. The summed E-state index contributed by atoms with van der Waals surface area (Å²) in [5.41, 5.74) is 2.93. The van der Waals surface area contributed by atoms with Crippen molar-refractivity contribution in [2.45, 2.75) is 38.0 Å². The number of nitrogens with zero attached hydrogens (tertiary/aromatic N) is 1. The number of nitrogens with one attached hydrogen (secondary N) is 3. The lowest BCUT2D eigenvalue weighted by Crippen LogP contribution is -2.30. The predicted molar refractivity (Wildman–Crippen MR) is 108 cm³/mol. The van der Waals surface area contributed by atoms with Crippen LogP contribution in [0.1, 0.15) is 35.2 Å². The number of benzene rings is 2. The molecule has 148 valence electrons. The molecule has 0 unspecified atom stereocenters. The highest BCUT2D eigenvalue weighted by atomic mass is 16.5. The fourth-order valence-electron chi connectivity index (χ4n) is 4.34. The highest BCUT2D eigenvalue weighted by Gasteiger charge is 2.44. The molecule has 2 aliphatic rings. The van der Waals surface area contributed by atoms with E-state index in [0.29, 0.717) is 12.1 Å². The molecule has 0 spiro atoms. The average molecular weight is 390 g/mol. The molecule has 2 aromatic carbocycles. The van der Waals surface area contributed by atoms with Crippen molar-refractivity contribution in [3.05, 3.63) is 59.8 Å². The molecule has 7 nitrogen and oxygen atoms in total. The fourth-order valence-corrected chi connectivity index (χ4v) is 4.34. The van der Waals surface area contributed by atoms with E-state index in [2.05, 4.69) is 20.8 Å². The number of amides is 2. The second-order valence-electron chi connectivity index (χ2n) is 7.73. The van der Waals surface area contributed by atoms with E-state index in [1.165, 1.54) is 0 Å². The first-order valence-corrected chi connectivity index (χ1v) is 9.93. The molecule has 1 aromatic heterocycles. The van der Waals surface area contributed by atoms with Gasteiger partial charge in [-0.25, -0.2) is 0 Å². The number of carbonyl (C=O) groups excluding carboxylic acids is 2. The molecular weight excluding hydrogens is 368 g/mol. The number of hydrogen-bond acceptors (Lipinski definition) is 4. The maximum atomic E-state index is 12.6. The third-order valence-corrected chi connectivity index (χ3v) is 5.81. The van der Waals surface area contributed by atoms with E-state index in [0.717, 1.165) is 41.4 Å². The lowest BCUT2D eigenvalue weighted by atomic mass is 9.88. The van der Waals surface area contributed by atoms with Crippen LogP contribution >= 0.6 is 0 Å². The molecule has 0 saturated carbocycles. The largest absolute Gasteiger partial charge is 0.374 e. The zero-order valence-corrected chi connectivity index (χ0v) is 15.9. The normalized spacial score (nSPS) is 22.7. The number of carbonyl (C=O) groups is 2. The molecule has 3 atom stereocenters. The van der Waals surface area contributed by atoms with Gasteiger partial charge >= 0.3 is 0 Å².